The highest BCUT2D eigenvalue weighted by molar-refractivity contribution is 5.78. The lowest BCUT2D eigenvalue weighted by Crippen LogP contribution is -2.38. The Morgan fingerprint density at radius 1 is 1.41 bits per heavy atom. The number of carbonyl (C=O) groups excluding carboxylic acids is 1. The van der Waals surface area contributed by atoms with Crippen LogP contribution in [0, 0.1) is 0 Å². The van der Waals surface area contributed by atoms with Crippen molar-refractivity contribution in [3.8, 4) is 0 Å². The van der Waals surface area contributed by atoms with Crippen molar-refractivity contribution in [3.05, 3.63) is 0 Å². The van der Waals surface area contributed by atoms with Gasteiger partial charge in [0.25, 0.3) is 0 Å². The summed E-state index contributed by atoms with van der Waals surface area (Å²) in [4.78, 5) is 21.6. The van der Waals surface area contributed by atoms with Crippen molar-refractivity contribution in [2.24, 2.45) is 0 Å². The summed E-state index contributed by atoms with van der Waals surface area (Å²) < 4.78 is 5.37. The van der Waals surface area contributed by atoms with E-state index in [4.69, 9.17) is 9.84 Å². The highest BCUT2D eigenvalue weighted by atomic mass is 16.5. The predicted molar refractivity (Wildman–Crippen MR) is 61.7 cm³/mol. The minimum atomic E-state index is -0.811. The van der Waals surface area contributed by atoms with E-state index in [0.717, 1.165) is 19.4 Å². The summed E-state index contributed by atoms with van der Waals surface area (Å²) in [5, 5.41) is 14.1. The van der Waals surface area contributed by atoms with Gasteiger partial charge in [-0.25, -0.2) is 0 Å². The van der Waals surface area contributed by atoms with Crippen molar-refractivity contribution < 1.29 is 19.4 Å². The van der Waals surface area contributed by atoms with E-state index < -0.39 is 5.97 Å². The average Bonchev–Trinajstić information content (AvgIpc) is 2.78. The number of carboxylic acid groups (broad SMARTS) is 1. The van der Waals surface area contributed by atoms with E-state index in [0.29, 0.717) is 19.5 Å². The Morgan fingerprint density at radius 3 is 2.88 bits per heavy atom. The van der Waals surface area contributed by atoms with Crippen LogP contribution in [0.4, 0.5) is 0 Å². The molecule has 1 amide bonds. The van der Waals surface area contributed by atoms with Crippen LogP contribution in [0.2, 0.25) is 0 Å². The maximum Gasteiger partial charge on any atom is 0.303 e. The molecular weight excluding hydrogens is 224 g/mol. The smallest absolute Gasteiger partial charge is 0.303 e. The Bertz CT molecular complexity index is 252. The fraction of sp³-hybridized carbons (Fsp3) is 0.818. The van der Waals surface area contributed by atoms with Gasteiger partial charge >= 0.3 is 5.97 Å². The van der Waals surface area contributed by atoms with Gasteiger partial charge in [0.05, 0.1) is 12.6 Å². The number of amides is 1. The van der Waals surface area contributed by atoms with Gasteiger partial charge in [-0.3, -0.25) is 9.59 Å². The lowest BCUT2D eigenvalue weighted by atomic mass is 10.2. The van der Waals surface area contributed by atoms with Crippen LogP contribution in [0.15, 0.2) is 0 Å². The molecule has 6 heteroatoms. The molecule has 1 atom stereocenters. The minimum Gasteiger partial charge on any atom is -0.481 e. The number of aliphatic carboxylic acids is 1. The van der Waals surface area contributed by atoms with Crippen LogP contribution in [0.1, 0.15) is 25.7 Å². The van der Waals surface area contributed by atoms with Gasteiger partial charge in [-0.15, -0.1) is 0 Å². The van der Waals surface area contributed by atoms with Crippen molar-refractivity contribution in [2.75, 3.05) is 26.2 Å². The zero-order valence-corrected chi connectivity index (χ0v) is 9.91. The molecule has 0 aromatic heterocycles. The number of ether oxygens (including phenoxy) is 1. The summed E-state index contributed by atoms with van der Waals surface area (Å²) in [6, 6.07) is 0. The molecular formula is C11H20N2O4. The number of carbonyl (C=O) groups is 2. The van der Waals surface area contributed by atoms with Gasteiger partial charge in [0.15, 0.2) is 0 Å². The lowest BCUT2D eigenvalue weighted by Gasteiger charge is -2.10. The van der Waals surface area contributed by atoms with Gasteiger partial charge in [-0.1, -0.05) is 0 Å². The molecule has 1 heterocycles. The number of carboxylic acids is 1. The van der Waals surface area contributed by atoms with Crippen molar-refractivity contribution in [1.82, 2.24) is 10.6 Å². The van der Waals surface area contributed by atoms with E-state index in [1.54, 1.807) is 0 Å². The third-order valence-electron chi connectivity index (χ3n) is 2.58. The molecule has 0 spiro atoms. The zero-order valence-electron chi connectivity index (χ0n) is 9.91. The summed E-state index contributed by atoms with van der Waals surface area (Å²) in [5.74, 6) is -0.884. The van der Waals surface area contributed by atoms with Gasteiger partial charge in [0, 0.05) is 19.6 Å². The summed E-state index contributed by atoms with van der Waals surface area (Å²) in [6.07, 6.45) is 2.89. The molecule has 6 nitrogen and oxygen atoms in total. The Hall–Kier alpha value is -1.14. The molecule has 98 valence electrons. The lowest BCUT2D eigenvalue weighted by molar-refractivity contribution is -0.137. The molecule has 0 bridgehead atoms. The largest absolute Gasteiger partial charge is 0.481 e. The molecule has 1 aliphatic heterocycles. The predicted octanol–water partition coefficient (Wildman–Crippen LogP) is -0.264. The third kappa shape index (κ3) is 6.91. The summed E-state index contributed by atoms with van der Waals surface area (Å²) in [5.41, 5.74) is 0. The second kappa shape index (κ2) is 8.03. The van der Waals surface area contributed by atoms with Crippen LogP contribution in [-0.4, -0.2) is 49.3 Å². The average molecular weight is 244 g/mol. The number of hydrogen-bond acceptors (Lipinski definition) is 4. The van der Waals surface area contributed by atoms with Gasteiger partial charge in [-0.05, 0) is 25.8 Å². The van der Waals surface area contributed by atoms with Gasteiger partial charge in [0.2, 0.25) is 5.91 Å². The molecule has 1 aliphatic rings. The van der Waals surface area contributed by atoms with E-state index in [1.807, 2.05) is 0 Å². The fourth-order valence-corrected chi connectivity index (χ4v) is 1.66. The van der Waals surface area contributed by atoms with Crippen molar-refractivity contribution in [3.63, 3.8) is 0 Å². The number of rotatable bonds is 8. The van der Waals surface area contributed by atoms with E-state index in [1.165, 1.54) is 0 Å². The number of nitrogens with one attached hydrogen (secondary N) is 2. The molecule has 0 aromatic rings. The van der Waals surface area contributed by atoms with Crippen LogP contribution >= 0.6 is 0 Å². The van der Waals surface area contributed by atoms with Crippen molar-refractivity contribution in [2.45, 2.75) is 31.8 Å². The summed E-state index contributed by atoms with van der Waals surface area (Å²) in [7, 11) is 0. The zero-order chi connectivity index (χ0) is 12.5. The summed E-state index contributed by atoms with van der Waals surface area (Å²) >= 11 is 0. The highest BCUT2D eigenvalue weighted by Gasteiger charge is 2.15. The Morgan fingerprint density at radius 2 is 2.24 bits per heavy atom. The molecule has 0 saturated carbocycles. The molecule has 0 aliphatic carbocycles. The SMILES string of the molecule is O=C(O)CCCNCC(=O)NCC1CCCO1. The standard InChI is InChI=1S/C11H20N2O4/c14-10(8-12-5-1-4-11(15)16)13-7-9-3-2-6-17-9/h9,12H,1-8H2,(H,13,14)(H,15,16). The highest BCUT2D eigenvalue weighted by Crippen LogP contribution is 2.10. The van der Waals surface area contributed by atoms with Crippen LogP contribution in [0.5, 0.6) is 0 Å². The molecule has 1 saturated heterocycles. The molecule has 3 N–H and O–H groups in total. The van der Waals surface area contributed by atoms with E-state index in [-0.39, 0.29) is 25.0 Å². The normalized spacial score (nSPS) is 19.2. The first-order valence-electron chi connectivity index (χ1n) is 5.99. The molecule has 0 radical (unpaired) electrons. The Kier molecular flexibility index (Phi) is 6.57. The molecule has 1 rings (SSSR count). The quantitative estimate of drug-likeness (QED) is 0.512. The number of hydrogen-bond donors (Lipinski definition) is 3. The van der Waals surface area contributed by atoms with Crippen molar-refractivity contribution in [1.29, 1.82) is 0 Å². The monoisotopic (exact) mass is 244 g/mol. The summed E-state index contributed by atoms with van der Waals surface area (Å²) in [6.45, 7) is 2.12. The van der Waals surface area contributed by atoms with E-state index >= 15 is 0 Å². The topological polar surface area (TPSA) is 87.7 Å². The molecule has 0 aromatic carbocycles. The van der Waals surface area contributed by atoms with Crippen LogP contribution in [-0.2, 0) is 14.3 Å². The minimum absolute atomic E-state index is 0.0733. The van der Waals surface area contributed by atoms with E-state index in [9.17, 15) is 9.59 Å². The maximum atomic E-state index is 11.4. The van der Waals surface area contributed by atoms with E-state index in [2.05, 4.69) is 10.6 Å². The van der Waals surface area contributed by atoms with Gasteiger partial charge in [0.1, 0.15) is 0 Å². The first kappa shape index (κ1) is 13.9. The van der Waals surface area contributed by atoms with Crippen molar-refractivity contribution >= 4 is 11.9 Å². The molecule has 17 heavy (non-hydrogen) atoms. The maximum absolute atomic E-state index is 11.4. The second-order valence-electron chi connectivity index (χ2n) is 4.11. The first-order chi connectivity index (χ1) is 8.18. The first-order valence-corrected chi connectivity index (χ1v) is 5.99. The van der Waals surface area contributed by atoms with Crippen LogP contribution in [0.25, 0.3) is 0 Å². The molecule has 1 unspecified atom stereocenters. The third-order valence-corrected chi connectivity index (χ3v) is 2.58. The van der Waals surface area contributed by atoms with Crippen LogP contribution < -0.4 is 10.6 Å². The second-order valence-corrected chi connectivity index (χ2v) is 4.11. The fourth-order valence-electron chi connectivity index (χ4n) is 1.66. The van der Waals surface area contributed by atoms with Gasteiger partial charge in [-0.2, -0.15) is 0 Å². The Balaban J connectivity index is 1.92. The Labute approximate surface area is 101 Å². The van der Waals surface area contributed by atoms with Crippen LogP contribution in [0.3, 0.4) is 0 Å². The van der Waals surface area contributed by atoms with Gasteiger partial charge < -0.3 is 20.5 Å². The molecule has 1 fully saturated rings.